The first-order valence-electron chi connectivity index (χ1n) is 10.1. The van der Waals surface area contributed by atoms with Crippen LogP contribution in [0.3, 0.4) is 0 Å². The number of Topliss-reactive ketones (excluding diaryl/α,β-unsaturated/α-hetero) is 1. The van der Waals surface area contributed by atoms with E-state index in [1.54, 1.807) is 47.6 Å². The van der Waals surface area contributed by atoms with Gasteiger partial charge in [-0.1, -0.05) is 0 Å². The molecule has 164 valence electrons. The van der Waals surface area contributed by atoms with E-state index < -0.39 is 48.6 Å². The number of carbonyl (C=O) groups excluding carboxylic acids is 3. The first kappa shape index (κ1) is 20.2. The molecule has 0 bridgehead atoms. The lowest BCUT2D eigenvalue weighted by atomic mass is 9.80. The Morgan fingerprint density at radius 1 is 1.03 bits per heavy atom. The van der Waals surface area contributed by atoms with Gasteiger partial charge in [0.1, 0.15) is 17.4 Å². The summed E-state index contributed by atoms with van der Waals surface area (Å²) in [5, 5.41) is 10.2. The van der Waals surface area contributed by atoms with Crippen molar-refractivity contribution in [2.45, 2.75) is 37.1 Å². The normalized spacial score (nSPS) is 19.5. The third-order valence-corrected chi connectivity index (χ3v) is 6.11. The number of nitrogens with zero attached hydrogens (tertiary/aromatic N) is 5. The zero-order chi connectivity index (χ0) is 22.5. The van der Waals surface area contributed by atoms with Crippen LogP contribution in [-0.4, -0.2) is 60.4 Å². The van der Waals surface area contributed by atoms with Crippen molar-refractivity contribution >= 4 is 28.8 Å². The van der Waals surface area contributed by atoms with Gasteiger partial charge in [0.2, 0.25) is 5.92 Å². The maximum Gasteiger partial charge on any atom is 0.325 e. The molecule has 1 aliphatic heterocycles. The smallest absolute Gasteiger partial charge is 0.323 e. The highest BCUT2D eigenvalue weighted by Crippen LogP contribution is 2.41. The molecule has 1 saturated carbocycles. The average molecular weight is 440 g/mol. The Bertz CT molecular complexity index is 1230. The number of benzene rings is 1. The summed E-state index contributed by atoms with van der Waals surface area (Å²) < 4.78 is 28.8. The number of fused-ring (bicyclic) bond motifs is 1. The van der Waals surface area contributed by atoms with Crippen molar-refractivity contribution in [3.63, 3.8) is 0 Å². The topological polar surface area (TPSA) is 110 Å². The number of halogens is 2. The van der Waals surface area contributed by atoms with Gasteiger partial charge < -0.3 is 5.32 Å². The molecule has 0 atom stereocenters. The third kappa shape index (κ3) is 3.29. The third-order valence-electron chi connectivity index (χ3n) is 6.11. The number of rotatable bonds is 4. The zero-order valence-corrected chi connectivity index (χ0v) is 16.8. The van der Waals surface area contributed by atoms with E-state index in [2.05, 4.69) is 20.5 Å². The number of imidazole rings is 1. The van der Waals surface area contributed by atoms with Gasteiger partial charge in [-0.25, -0.2) is 18.6 Å². The van der Waals surface area contributed by atoms with Gasteiger partial charge in [-0.2, -0.15) is 10.2 Å². The lowest BCUT2D eigenvalue weighted by molar-refractivity contribution is -0.135. The van der Waals surface area contributed by atoms with Crippen LogP contribution in [0.4, 0.5) is 13.6 Å². The Morgan fingerprint density at radius 2 is 1.72 bits per heavy atom. The Balaban J connectivity index is 1.31. The first-order valence-corrected chi connectivity index (χ1v) is 10.1. The van der Waals surface area contributed by atoms with Crippen molar-refractivity contribution < 1.29 is 23.2 Å². The summed E-state index contributed by atoms with van der Waals surface area (Å²) in [5.41, 5.74) is 1.15. The lowest BCUT2D eigenvalue weighted by Gasteiger charge is -2.34. The number of hydrogen-bond acceptors (Lipinski definition) is 6. The Kier molecular flexibility index (Phi) is 4.50. The Morgan fingerprint density at radius 3 is 2.44 bits per heavy atom. The summed E-state index contributed by atoms with van der Waals surface area (Å²) >= 11 is 0. The molecule has 1 spiro atoms. The average Bonchev–Trinajstić information content (AvgIpc) is 3.31. The molecule has 11 heteroatoms. The predicted molar refractivity (Wildman–Crippen MR) is 107 cm³/mol. The molecule has 2 fully saturated rings. The number of amides is 3. The Hall–Kier alpha value is -3.76. The van der Waals surface area contributed by atoms with Crippen LogP contribution < -0.4 is 5.32 Å². The second-order valence-corrected chi connectivity index (χ2v) is 8.10. The minimum atomic E-state index is -2.84. The molecule has 1 N–H and O–H groups in total. The SMILES string of the molecule is O=C(CN1C(=O)NC2(CCC(F)(F)CC2)C1=O)c1ccc(-n2cnc3cnncc32)cc1. The number of hydrogen-bond donors (Lipinski definition) is 1. The molecule has 3 heterocycles. The highest BCUT2D eigenvalue weighted by Gasteiger charge is 2.55. The van der Waals surface area contributed by atoms with Crippen molar-refractivity contribution in [2.24, 2.45) is 0 Å². The summed E-state index contributed by atoms with van der Waals surface area (Å²) in [6.07, 6.45) is 3.50. The highest BCUT2D eigenvalue weighted by molar-refractivity contribution is 6.11. The van der Waals surface area contributed by atoms with Gasteiger partial charge in [0.05, 0.1) is 24.5 Å². The molecule has 2 aliphatic rings. The molecule has 3 aromatic rings. The van der Waals surface area contributed by atoms with Gasteiger partial charge in [0, 0.05) is 24.1 Å². The first-order chi connectivity index (χ1) is 15.3. The number of alkyl halides is 2. The molecule has 3 amide bonds. The van der Waals surface area contributed by atoms with E-state index in [0.29, 0.717) is 11.1 Å². The van der Waals surface area contributed by atoms with Crippen molar-refractivity contribution in [2.75, 3.05) is 6.54 Å². The van der Waals surface area contributed by atoms with E-state index in [1.807, 2.05) is 0 Å². The number of aromatic nitrogens is 4. The molecule has 1 saturated heterocycles. The minimum absolute atomic E-state index is 0.146. The van der Waals surface area contributed by atoms with E-state index >= 15 is 0 Å². The molecule has 5 rings (SSSR count). The summed E-state index contributed by atoms with van der Waals surface area (Å²) in [6.45, 7) is -0.453. The number of nitrogens with one attached hydrogen (secondary N) is 1. The summed E-state index contributed by atoms with van der Waals surface area (Å²) in [6, 6.07) is 5.88. The number of ketones is 1. The van der Waals surface area contributed by atoms with Crippen molar-refractivity contribution in [1.82, 2.24) is 30.0 Å². The van der Waals surface area contributed by atoms with Gasteiger partial charge in [0.25, 0.3) is 5.91 Å². The molecule has 2 aromatic heterocycles. The van der Waals surface area contributed by atoms with Crippen LogP contribution in [0.1, 0.15) is 36.0 Å². The maximum atomic E-state index is 13.5. The van der Waals surface area contributed by atoms with Crippen LogP contribution in [0.5, 0.6) is 0 Å². The standard InChI is InChI=1S/C21H18F2N6O3/c22-21(23)7-5-20(6-8-21)18(31)28(19(32)27-20)11-17(30)13-1-3-14(4-2-13)29-12-24-15-9-25-26-10-16(15)29/h1-4,9-10,12H,5-8,11H2,(H,27,32). The second-order valence-electron chi connectivity index (χ2n) is 8.10. The van der Waals surface area contributed by atoms with Crippen LogP contribution in [0.2, 0.25) is 0 Å². The fraction of sp³-hybridized carbons (Fsp3) is 0.333. The van der Waals surface area contributed by atoms with E-state index in [-0.39, 0.29) is 12.8 Å². The summed E-state index contributed by atoms with van der Waals surface area (Å²) in [4.78, 5) is 43.0. The van der Waals surface area contributed by atoms with Crippen molar-refractivity contribution in [3.8, 4) is 5.69 Å². The van der Waals surface area contributed by atoms with Crippen LogP contribution in [0.15, 0.2) is 43.0 Å². The van der Waals surface area contributed by atoms with Crippen LogP contribution in [0.25, 0.3) is 16.7 Å². The number of imide groups is 1. The van der Waals surface area contributed by atoms with Gasteiger partial charge in [0.15, 0.2) is 5.78 Å². The Labute approximate surface area is 180 Å². The fourth-order valence-corrected chi connectivity index (χ4v) is 4.23. The van der Waals surface area contributed by atoms with Gasteiger partial charge in [-0.15, -0.1) is 0 Å². The van der Waals surface area contributed by atoms with E-state index in [0.717, 1.165) is 16.1 Å². The van der Waals surface area contributed by atoms with E-state index in [9.17, 15) is 23.2 Å². The largest absolute Gasteiger partial charge is 0.325 e. The van der Waals surface area contributed by atoms with Crippen LogP contribution in [0, 0.1) is 0 Å². The van der Waals surface area contributed by atoms with Gasteiger partial charge >= 0.3 is 6.03 Å². The van der Waals surface area contributed by atoms with Crippen molar-refractivity contribution in [1.29, 1.82) is 0 Å². The van der Waals surface area contributed by atoms with Crippen molar-refractivity contribution in [3.05, 3.63) is 48.5 Å². The molecule has 32 heavy (non-hydrogen) atoms. The van der Waals surface area contributed by atoms with E-state index in [4.69, 9.17) is 0 Å². The lowest BCUT2D eigenvalue weighted by Crippen LogP contribution is -2.51. The molecule has 1 aliphatic carbocycles. The summed E-state index contributed by atoms with van der Waals surface area (Å²) in [7, 11) is 0. The summed E-state index contributed by atoms with van der Waals surface area (Å²) in [5.74, 6) is -3.89. The molecule has 1 aromatic carbocycles. The molecule has 9 nitrogen and oxygen atoms in total. The zero-order valence-electron chi connectivity index (χ0n) is 16.8. The fourth-order valence-electron chi connectivity index (χ4n) is 4.23. The molecular formula is C21H18F2N6O3. The van der Waals surface area contributed by atoms with Crippen LogP contribution >= 0.6 is 0 Å². The maximum absolute atomic E-state index is 13.5. The minimum Gasteiger partial charge on any atom is -0.323 e. The number of carbonyl (C=O) groups is 3. The molecule has 0 radical (unpaired) electrons. The van der Waals surface area contributed by atoms with E-state index in [1.165, 1.54) is 0 Å². The predicted octanol–water partition coefficient (Wildman–Crippen LogP) is 2.50. The van der Waals surface area contributed by atoms with Gasteiger partial charge in [-0.05, 0) is 37.1 Å². The van der Waals surface area contributed by atoms with Gasteiger partial charge in [-0.3, -0.25) is 19.1 Å². The highest BCUT2D eigenvalue weighted by atomic mass is 19.3. The molecule has 0 unspecified atom stereocenters. The second kappa shape index (κ2) is 7.14. The van der Waals surface area contributed by atoms with Crippen LogP contribution in [-0.2, 0) is 4.79 Å². The number of urea groups is 1. The monoisotopic (exact) mass is 440 g/mol. The quantitative estimate of drug-likeness (QED) is 0.493. The molecular weight excluding hydrogens is 422 g/mol.